The van der Waals surface area contributed by atoms with Crippen LogP contribution in [-0.2, 0) is 11.2 Å². The van der Waals surface area contributed by atoms with Gasteiger partial charge in [-0.3, -0.25) is 4.79 Å². The van der Waals surface area contributed by atoms with Crippen LogP contribution in [-0.4, -0.2) is 57.0 Å². The van der Waals surface area contributed by atoms with Gasteiger partial charge in [0.25, 0.3) is 0 Å². The molecule has 0 saturated carbocycles. The fourth-order valence-electron chi connectivity index (χ4n) is 3.25. The molecule has 4 rings (SSSR count). The maximum Gasteiger partial charge on any atom is 0.223 e. The monoisotopic (exact) mass is 362 g/mol. The van der Waals surface area contributed by atoms with Gasteiger partial charge in [0.2, 0.25) is 5.91 Å². The lowest BCUT2D eigenvalue weighted by atomic mass is 10.1. The van der Waals surface area contributed by atoms with Crippen molar-refractivity contribution in [2.75, 3.05) is 31.1 Å². The SMILES string of the molecule is O=C(CCc1ccccc1)N1CCN(c2ccc(-n3cccn3)nn2)CC1. The molecule has 1 aliphatic heterocycles. The molecule has 138 valence electrons. The predicted molar refractivity (Wildman–Crippen MR) is 103 cm³/mol. The number of amides is 1. The highest BCUT2D eigenvalue weighted by Crippen LogP contribution is 2.15. The van der Waals surface area contributed by atoms with Gasteiger partial charge in [-0.25, -0.2) is 4.68 Å². The van der Waals surface area contributed by atoms with Gasteiger partial charge in [0.15, 0.2) is 11.6 Å². The van der Waals surface area contributed by atoms with Crippen molar-refractivity contribution in [1.82, 2.24) is 24.9 Å². The van der Waals surface area contributed by atoms with Crippen LogP contribution >= 0.6 is 0 Å². The molecule has 1 aliphatic rings. The maximum absolute atomic E-state index is 12.5. The van der Waals surface area contributed by atoms with Crippen LogP contribution in [0.2, 0.25) is 0 Å². The number of piperazine rings is 1. The molecule has 2 aromatic heterocycles. The summed E-state index contributed by atoms with van der Waals surface area (Å²) in [5.74, 6) is 1.75. The molecular formula is C20H22N6O. The van der Waals surface area contributed by atoms with Crippen LogP contribution in [0.4, 0.5) is 5.82 Å². The molecule has 0 N–H and O–H groups in total. The number of carbonyl (C=O) groups is 1. The van der Waals surface area contributed by atoms with Crippen molar-refractivity contribution < 1.29 is 4.79 Å². The number of rotatable bonds is 5. The lowest BCUT2D eigenvalue weighted by Crippen LogP contribution is -2.49. The Bertz CT molecular complexity index is 855. The zero-order chi connectivity index (χ0) is 18.5. The minimum Gasteiger partial charge on any atom is -0.352 e. The second kappa shape index (κ2) is 7.99. The van der Waals surface area contributed by atoms with Crippen LogP contribution in [0.15, 0.2) is 60.9 Å². The average molecular weight is 362 g/mol. The molecule has 1 aromatic carbocycles. The van der Waals surface area contributed by atoms with Crippen molar-refractivity contribution in [2.24, 2.45) is 0 Å². The van der Waals surface area contributed by atoms with E-state index < -0.39 is 0 Å². The van der Waals surface area contributed by atoms with E-state index in [4.69, 9.17) is 0 Å². The molecule has 27 heavy (non-hydrogen) atoms. The van der Waals surface area contributed by atoms with Crippen molar-refractivity contribution in [3.05, 3.63) is 66.5 Å². The summed E-state index contributed by atoms with van der Waals surface area (Å²) < 4.78 is 1.68. The smallest absolute Gasteiger partial charge is 0.223 e. The molecule has 0 unspecified atom stereocenters. The molecule has 0 bridgehead atoms. The summed E-state index contributed by atoms with van der Waals surface area (Å²) in [4.78, 5) is 16.6. The van der Waals surface area contributed by atoms with Crippen molar-refractivity contribution in [3.8, 4) is 5.82 Å². The highest BCUT2D eigenvalue weighted by molar-refractivity contribution is 5.76. The summed E-state index contributed by atoms with van der Waals surface area (Å²) in [5, 5.41) is 12.7. The zero-order valence-corrected chi connectivity index (χ0v) is 15.1. The van der Waals surface area contributed by atoms with Crippen LogP contribution in [0.3, 0.4) is 0 Å². The van der Waals surface area contributed by atoms with Crippen LogP contribution in [0.25, 0.3) is 5.82 Å². The normalized spacial score (nSPS) is 14.4. The van der Waals surface area contributed by atoms with Gasteiger partial charge in [0.1, 0.15) is 0 Å². The summed E-state index contributed by atoms with van der Waals surface area (Å²) in [7, 11) is 0. The van der Waals surface area contributed by atoms with Crippen LogP contribution in [0.1, 0.15) is 12.0 Å². The fraction of sp³-hybridized carbons (Fsp3) is 0.300. The molecule has 0 aliphatic carbocycles. The van der Waals surface area contributed by atoms with Gasteiger partial charge in [-0.1, -0.05) is 30.3 Å². The van der Waals surface area contributed by atoms with E-state index in [2.05, 4.69) is 32.3 Å². The first kappa shape index (κ1) is 17.2. The van der Waals surface area contributed by atoms with Gasteiger partial charge in [-0.05, 0) is 30.2 Å². The van der Waals surface area contributed by atoms with E-state index in [9.17, 15) is 4.79 Å². The number of anilines is 1. The lowest BCUT2D eigenvalue weighted by Gasteiger charge is -2.35. The van der Waals surface area contributed by atoms with E-state index >= 15 is 0 Å². The Balaban J connectivity index is 1.29. The summed E-state index contributed by atoms with van der Waals surface area (Å²) in [6.45, 7) is 2.98. The van der Waals surface area contributed by atoms with Crippen LogP contribution in [0.5, 0.6) is 0 Å². The Morgan fingerprint density at radius 1 is 0.889 bits per heavy atom. The molecule has 0 atom stereocenters. The van der Waals surface area contributed by atoms with Gasteiger partial charge in [-0.15, -0.1) is 10.2 Å². The van der Waals surface area contributed by atoms with E-state index in [1.807, 2.05) is 47.5 Å². The first-order chi connectivity index (χ1) is 13.3. The Labute approximate surface area is 158 Å². The molecular weight excluding hydrogens is 340 g/mol. The van der Waals surface area contributed by atoms with Gasteiger partial charge in [0.05, 0.1) is 0 Å². The number of aromatic nitrogens is 4. The summed E-state index contributed by atoms with van der Waals surface area (Å²) in [5.41, 5.74) is 1.21. The lowest BCUT2D eigenvalue weighted by molar-refractivity contribution is -0.131. The molecule has 0 spiro atoms. The molecule has 7 heteroatoms. The summed E-state index contributed by atoms with van der Waals surface area (Å²) in [6, 6.07) is 15.9. The number of hydrogen-bond acceptors (Lipinski definition) is 5. The molecule has 1 amide bonds. The largest absolute Gasteiger partial charge is 0.352 e. The second-order valence-corrected chi connectivity index (χ2v) is 6.55. The molecule has 1 saturated heterocycles. The molecule has 7 nitrogen and oxygen atoms in total. The van der Waals surface area contributed by atoms with Crippen LogP contribution < -0.4 is 4.90 Å². The fourth-order valence-corrected chi connectivity index (χ4v) is 3.25. The third kappa shape index (κ3) is 4.13. The van der Waals surface area contributed by atoms with Crippen molar-refractivity contribution in [1.29, 1.82) is 0 Å². The highest BCUT2D eigenvalue weighted by Gasteiger charge is 2.22. The highest BCUT2D eigenvalue weighted by atomic mass is 16.2. The average Bonchev–Trinajstić information content (AvgIpc) is 3.28. The van der Waals surface area contributed by atoms with Gasteiger partial charge >= 0.3 is 0 Å². The van der Waals surface area contributed by atoms with E-state index in [-0.39, 0.29) is 5.91 Å². The number of aryl methyl sites for hydroxylation is 1. The van der Waals surface area contributed by atoms with Gasteiger partial charge < -0.3 is 9.80 Å². The minimum atomic E-state index is 0.221. The third-order valence-electron chi connectivity index (χ3n) is 4.80. The summed E-state index contributed by atoms with van der Waals surface area (Å²) >= 11 is 0. The van der Waals surface area contributed by atoms with Crippen molar-refractivity contribution in [2.45, 2.75) is 12.8 Å². The predicted octanol–water partition coefficient (Wildman–Crippen LogP) is 1.94. The zero-order valence-electron chi connectivity index (χ0n) is 15.1. The van der Waals surface area contributed by atoms with E-state index in [0.717, 1.165) is 38.4 Å². The van der Waals surface area contributed by atoms with Crippen molar-refractivity contribution in [3.63, 3.8) is 0 Å². The van der Waals surface area contributed by atoms with Gasteiger partial charge in [-0.2, -0.15) is 5.10 Å². The summed E-state index contributed by atoms with van der Waals surface area (Å²) in [6.07, 6.45) is 4.90. The molecule has 0 radical (unpaired) electrons. The number of hydrogen-bond donors (Lipinski definition) is 0. The van der Waals surface area contributed by atoms with Crippen LogP contribution in [0, 0.1) is 0 Å². The number of benzene rings is 1. The maximum atomic E-state index is 12.5. The Kier molecular flexibility index (Phi) is 5.09. The van der Waals surface area contributed by atoms with Gasteiger partial charge in [0, 0.05) is 45.0 Å². The molecule has 1 fully saturated rings. The number of nitrogens with zero attached hydrogens (tertiary/aromatic N) is 6. The first-order valence-corrected chi connectivity index (χ1v) is 9.20. The molecule has 3 aromatic rings. The topological polar surface area (TPSA) is 67.2 Å². The Morgan fingerprint density at radius 3 is 2.30 bits per heavy atom. The standard InChI is InChI=1S/C20H22N6O/c27-20(10-7-17-5-2-1-3-6-17)25-15-13-24(14-16-25)18-8-9-19(23-22-18)26-12-4-11-21-26/h1-6,8-9,11-12H,7,10,13-16H2. The van der Waals surface area contributed by atoms with E-state index in [0.29, 0.717) is 12.2 Å². The van der Waals surface area contributed by atoms with E-state index in [1.54, 1.807) is 10.9 Å². The quantitative estimate of drug-likeness (QED) is 0.694. The first-order valence-electron chi connectivity index (χ1n) is 9.20. The van der Waals surface area contributed by atoms with E-state index in [1.165, 1.54) is 5.56 Å². The van der Waals surface area contributed by atoms with Crippen molar-refractivity contribution >= 4 is 11.7 Å². The Hall–Kier alpha value is -3.22. The third-order valence-corrected chi connectivity index (χ3v) is 4.80. The molecule has 3 heterocycles. The second-order valence-electron chi connectivity index (χ2n) is 6.55. The minimum absolute atomic E-state index is 0.221. The number of carbonyl (C=O) groups excluding carboxylic acids is 1. The Morgan fingerprint density at radius 2 is 1.63 bits per heavy atom.